The smallest absolute Gasteiger partial charge is 0.263 e. The van der Waals surface area contributed by atoms with Crippen LogP contribution in [0.15, 0.2) is 71.8 Å². The first-order valence-electron chi connectivity index (χ1n) is 8.75. The molecule has 0 amide bonds. The number of hydrogen-bond acceptors (Lipinski definition) is 4. The fraction of sp³-hybridized carbons (Fsp3) is 0.190. The van der Waals surface area contributed by atoms with E-state index in [1.165, 1.54) is 17.7 Å². The minimum absolute atomic E-state index is 0.0307. The summed E-state index contributed by atoms with van der Waals surface area (Å²) in [5.74, 6) is -0.319. The van der Waals surface area contributed by atoms with Crippen molar-refractivity contribution in [3.05, 3.63) is 78.2 Å². The molecule has 0 radical (unpaired) electrons. The molecule has 1 heterocycles. The minimum atomic E-state index is -3.82. The van der Waals surface area contributed by atoms with Gasteiger partial charge in [-0.2, -0.15) is 0 Å². The third kappa shape index (κ3) is 4.86. The van der Waals surface area contributed by atoms with E-state index in [0.717, 1.165) is 23.5 Å². The molecule has 28 heavy (non-hydrogen) atoms. The molecular formula is C21H22FN3O2S. The number of pyridine rings is 1. The van der Waals surface area contributed by atoms with Crippen LogP contribution in [0.1, 0.15) is 26.3 Å². The second-order valence-electron chi connectivity index (χ2n) is 7.44. The Balaban J connectivity index is 1.69. The first kappa shape index (κ1) is 19.8. The number of hydrogen-bond donors (Lipinski definition) is 2. The Morgan fingerprint density at radius 2 is 1.46 bits per heavy atom. The fourth-order valence-electron chi connectivity index (χ4n) is 2.56. The van der Waals surface area contributed by atoms with Gasteiger partial charge in [0.1, 0.15) is 11.6 Å². The molecule has 0 bridgehead atoms. The molecule has 1 aromatic heterocycles. The molecule has 0 aliphatic rings. The van der Waals surface area contributed by atoms with Crippen LogP contribution in [0.4, 0.5) is 21.6 Å². The first-order chi connectivity index (χ1) is 13.1. The molecule has 0 atom stereocenters. The Morgan fingerprint density at radius 1 is 0.857 bits per heavy atom. The summed E-state index contributed by atoms with van der Waals surface area (Å²) in [7, 11) is -3.82. The number of nitrogens with one attached hydrogen (secondary N) is 2. The summed E-state index contributed by atoms with van der Waals surface area (Å²) in [4.78, 5) is 4.10. The zero-order chi connectivity index (χ0) is 20.4. The molecule has 146 valence electrons. The standard InChI is InChI=1S/C21H22FN3O2S/c1-21(2,3)15-4-8-17(9-5-15)24-18-10-13-20(23-14-18)25-28(26,27)19-11-6-16(22)7-12-19/h4-14,24H,1-3H3,(H,23,25). The van der Waals surface area contributed by atoms with Gasteiger partial charge in [-0.15, -0.1) is 0 Å². The number of rotatable bonds is 5. The van der Waals surface area contributed by atoms with Crippen molar-refractivity contribution in [2.24, 2.45) is 0 Å². The molecule has 0 saturated heterocycles. The highest BCUT2D eigenvalue weighted by Gasteiger charge is 2.15. The van der Waals surface area contributed by atoms with Crippen LogP contribution in [0, 0.1) is 5.82 Å². The van der Waals surface area contributed by atoms with E-state index in [0.29, 0.717) is 0 Å². The Hall–Kier alpha value is -2.93. The summed E-state index contributed by atoms with van der Waals surface area (Å²) < 4.78 is 40.0. The summed E-state index contributed by atoms with van der Waals surface area (Å²) in [6.45, 7) is 6.47. The number of nitrogens with zero attached hydrogens (tertiary/aromatic N) is 1. The lowest BCUT2D eigenvalue weighted by Crippen LogP contribution is -2.13. The zero-order valence-corrected chi connectivity index (χ0v) is 16.7. The van der Waals surface area contributed by atoms with E-state index in [1.807, 2.05) is 12.1 Å². The molecule has 3 aromatic rings. The van der Waals surface area contributed by atoms with Crippen molar-refractivity contribution in [3.63, 3.8) is 0 Å². The predicted molar refractivity (Wildman–Crippen MR) is 110 cm³/mol. The van der Waals surface area contributed by atoms with Crippen molar-refractivity contribution < 1.29 is 12.8 Å². The van der Waals surface area contributed by atoms with Gasteiger partial charge >= 0.3 is 0 Å². The summed E-state index contributed by atoms with van der Waals surface area (Å²) in [6, 6.07) is 16.0. The van der Waals surface area contributed by atoms with Crippen LogP contribution >= 0.6 is 0 Å². The molecule has 5 nitrogen and oxygen atoms in total. The average Bonchev–Trinajstić information content (AvgIpc) is 2.63. The van der Waals surface area contributed by atoms with Gasteiger partial charge in [0.25, 0.3) is 10.0 Å². The van der Waals surface area contributed by atoms with Crippen molar-refractivity contribution in [3.8, 4) is 0 Å². The van der Waals surface area contributed by atoms with Crippen LogP contribution in [0.5, 0.6) is 0 Å². The van der Waals surface area contributed by atoms with Gasteiger partial charge in [0, 0.05) is 5.69 Å². The molecule has 0 fully saturated rings. The summed E-state index contributed by atoms with van der Waals surface area (Å²) in [5, 5.41) is 3.23. The van der Waals surface area contributed by atoms with Gasteiger partial charge in [-0.3, -0.25) is 4.72 Å². The molecule has 0 aliphatic heterocycles. The maximum absolute atomic E-state index is 13.0. The molecule has 2 N–H and O–H groups in total. The number of anilines is 3. The quantitative estimate of drug-likeness (QED) is 0.629. The Labute approximate surface area is 164 Å². The van der Waals surface area contributed by atoms with E-state index >= 15 is 0 Å². The Bertz CT molecular complexity index is 1040. The highest BCUT2D eigenvalue weighted by atomic mass is 32.2. The van der Waals surface area contributed by atoms with Gasteiger partial charge in [0.15, 0.2) is 0 Å². The van der Waals surface area contributed by atoms with Gasteiger partial charge in [0.05, 0.1) is 16.8 Å². The molecule has 7 heteroatoms. The Morgan fingerprint density at radius 3 is 2.00 bits per heavy atom. The molecule has 2 aromatic carbocycles. The van der Waals surface area contributed by atoms with Gasteiger partial charge in [-0.05, 0) is 59.5 Å². The van der Waals surface area contributed by atoms with Crippen LogP contribution in [0.2, 0.25) is 0 Å². The molecular weight excluding hydrogens is 377 g/mol. The second kappa shape index (κ2) is 7.59. The topological polar surface area (TPSA) is 71.1 Å². The van der Waals surface area contributed by atoms with Crippen molar-refractivity contribution in [1.29, 1.82) is 0 Å². The SMILES string of the molecule is CC(C)(C)c1ccc(Nc2ccc(NS(=O)(=O)c3ccc(F)cc3)nc2)cc1. The molecule has 0 aliphatic carbocycles. The lowest BCUT2D eigenvalue weighted by molar-refractivity contribution is 0.590. The van der Waals surface area contributed by atoms with Crippen LogP contribution in [-0.4, -0.2) is 13.4 Å². The predicted octanol–water partition coefficient (Wildman–Crippen LogP) is 5.06. The summed E-state index contributed by atoms with van der Waals surface area (Å²) in [6.07, 6.45) is 1.54. The first-order valence-corrected chi connectivity index (χ1v) is 10.2. The van der Waals surface area contributed by atoms with E-state index in [-0.39, 0.29) is 16.1 Å². The molecule has 0 saturated carbocycles. The average molecular weight is 399 g/mol. The molecule has 3 rings (SSSR count). The minimum Gasteiger partial charge on any atom is -0.354 e. The third-order valence-electron chi connectivity index (χ3n) is 4.17. The van der Waals surface area contributed by atoms with E-state index < -0.39 is 15.8 Å². The van der Waals surface area contributed by atoms with E-state index in [1.54, 1.807) is 18.3 Å². The van der Waals surface area contributed by atoms with Crippen LogP contribution in [-0.2, 0) is 15.4 Å². The van der Waals surface area contributed by atoms with Crippen LogP contribution in [0.3, 0.4) is 0 Å². The normalized spacial score (nSPS) is 11.9. The monoisotopic (exact) mass is 399 g/mol. The van der Waals surface area contributed by atoms with Crippen molar-refractivity contribution in [2.75, 3.05) is 10.0 Å². The van der Waals surface area contributed by atoms with Gasteiger partial charge in [-0.1, -0.05) is 32.9 Å². The largest absolute Gasteiger partial charge is 0.354 e. The number of aromatic nitrogens is 1. The maximum atomic E-state index is 13.0. The third-order valence-corrected chi connectivity index (χ3v) is 5.54. The van der Waals surface area contributed by atoms with Gasteiger partial charge in [-0.25, -0.2) is 17.8 Å². The second-order valence-corrected chi connectivity index (χ2v) is 9.13. The maximum Gasteiger partial charge on any atom is 0.263 e. The summed E-state index contributed by atoms with van der Waals surface area (Å²) in [5.41, 5.74) is 2.97. The van der Waals surface area contributed by atoms with Crippen molar-refractivity contribution in [1.82, 2.24) is 4.98 Å². The lowest BCUT2D eigenvalue weighted by atomic mass is 9.87. The van der Waals surface area contributed by atoms with Crippen molar-refractivity contribution >= 4 is 27.2 Å². The van der Waals surface area contributed by atoms with E-state index in [2.05, 4.69) is 47.9 Å². The van der Waals surface area contributed by atoms with Gasteiger partial charge < -0.3 is 5.32 Å². The zero-order valence-electron chi connectivity index (χ0n) is 15.9. The summed E-state index contributed by atoms with van der Waals surface area (Å²) >= 11 is 0. The van der Waals surface area contributed by atoms with Crippen LogP contribution in [0.25, 0.3) is 0 Å². The van der Waals surface area contributed by atoms with E-state index in [4.69, 9.17) is 0 Å². The molecule has 0 unspecified atom stereocenters. The highest BCUT2D eigenvalue weighted by Crippen LogP contribution is 2.25. The molecule has 0 spiro atoms. The number of sulfonamides is 1. The van der Waals surface area contributed by atoms with Gasteiger partial charge in [0.2, 0.25) is 0 Å². The lowest BCUT2D eigenvalue weighted by Gasteiger charge is -2.19. The van der Waals surface area contributed by atoms with E-state index in [9.17, 15) is 12.8 Å². The number of benzene rings is 2. The highest BCUT2D eigenvalue weighted by molar-refractivity contribution is 7.92. The number of halogens is 1. The van der Waals surface area contributed by atoms with Crippen molar-refractivity contribution in [2.45, 2.75) is 31.1 Å². The fourth-order valence-corrected chi connectivity index (χ4v) is 3.57. The Kier molecular flexibility index (Phi) is 5.38. The van der Waals surface area contributed by atoms with Crippen LogP contribution < -0.4 is 10.0 Å².